The molecule has 2 aromatic rings. The zero-order valence-electron chi connectivity index (χ0n) is 9.63. The highest BCUT2D eigenvalue weighted by molar-refractivity contribution is 5.84. The molecule has 1 aromatic carbocycles. The molecule has 3 heteroatoms. The maximum absolute atomic E-state index is 5.88. The van der Waals surface area contributed by atoms with Gasteiger partial charge in [0, 0.05) is 18.0 Å². The highest BCUT2D eigenvalue weighted by atomic mass is 16.7. The molecule has 1 aromatic heterocycles. The van der Waals surface area contributed by atoms with Crippen molar-refractivity contribution >= 4 is 10.9 Å². The van der Waals surface area contributed by atoms with Crippen LogP contribution in [0.25, 0.3) is 10.9 Å². The Balaban J connectivity index is 1.89. The van der Waals surface area contributed by atoms with E-state index in [2.05, 4.69) is 4.98 Å². The number of benzene rings is 1. The van der Waals surface area contributed by atoms with Crippen LogP contribution in [0.2, 0.25) is 0 Å². The number of ether oxygens (including phenoxy) is 2. The minimum Gasteiger partial charge on any atom is -0.463 e. The lowest BCUT2D eigenvalue weighted by Gasteiger charge is -2.23. The summed E-state index contributed by atoms with van der Waals surface area (Å²) in [5.41, 5.74) is 0.907. The van der Waals surface area contributed by atoms with E-state index in [1.165, 1.54) is 6.42 Å². The molecule has 1 saturated heterocycles. The summed E-state index contributed by atoms with van der Waals surface area (Å²) in [6, 6.07) is 9.95. The van der Waals surface area contributed by atoms with Crippen LogP contribution in [0.3, 0.4) is 0 Å². The summed E-state index contributed by atoms with van der Waals surface area (Å²) in [4.78, 5) is 4.37. The van der Waals surface area contributed by atoms with Gasteiger partial charge in [0.05, 0.1) is 6.61 Å². The van der Waals surface area contributed by atoms with E-state index < -0.39 is 0 Å². The summed E-state index contributed by atoms with van der Waals surface area (Å²) in [6.07, 6.45) is 4.94. The summed E-state index contributed by atoms with van der Waals surface area (Å²) in [5, 5.41) is 1.10. The van der Waals surface area contributed by atoms with Gasteiger partial charge < -0.3 is 9.47 Å². The summed E-state index contributed by atoms with van der Waals surface area (Å²) in [5.74, 6) is 0.815. The molecule has 1 atom stereocenters. The second kappa shape index (κ2) is 4.72. The number of fused-ring (bicyclic) bond motifs is 1. The lowest BCUT2D eigenvalue weighted by Crippen LogP contribution is -2.25. The second-order valence-corrected chi connectivity index (χ2v) is 4.25. The molecule has 1 fully saturated rings. The van der Waals surface area contributed by atoms with Gasteiger partial charge >= 0.3 is 0 Å². The monoisotopic (exact) mass is 229 g/mol. The third kappa shape index (κ3) is 2.24. The Morgan fingerprint density at radius 1 is 1.18 bits per heavy atom. The topological polar surface area (TPSA) is 31.4 Å². The highest BCUT2D eigenvalue weighted by Crippen LogP contribution is 2.26. The Morgan fingerprint density at radius 2 is 2.12 bits per heavy atom. The average molecular weight is 229 g/mol. The quantitative estimate of drug-likeness (QED) is 0.792. The fraction of sp³-hybridized carbons (Fsp3) is 0.357. The van der Waals surface area contributed by atoms with Crippen molar-refractivity contribution in [1.29, 1.82) is 0 Å². The zero-order chi connectivity index (χ0) is 11.5. The highest BCUT2D eigenvalue weighted by Gasteiger charge is 2.16. The van der Waals surface area contributed by atoms with Crippen LogP contribution in [-0.4, -0.2) is 17.9 Å². The van der Waals surface area contributed by atoms with E-state index >= 15 is 0 Å². The molecule has 0 amide bonds. The van der Waals surface area contributed by atoms with Gasteiger partial charge in [-0.3, -0.25) is 4.98 Å². The molecule has 0 radical (unpaired) electrons. The van der Waals surface area contributed by atoms with Gasteiger partial charge in [-0.15, -0.1) is 0 Å². The molecule has 88 valence electrons. The molecule has 3 rings (SSSR count). The van der Waals surface area contributed by atoms with Crippen molar-refractivity contribution in [2.45, 2.75) is 25.6 Å². The minimum atomic E-state index is -0.114. The molecule has 0 bridgehead atoms. The summed E-state index contributed by atoms with van der Waals surface area (Å²) in [7, 11) is 0. The predicted octanol–water partition coefficient (Wildman–Crippen LogP) is 3.14. The standard InChI is InChI=1S/C14H15NO2/c1-2-10-16-13(8-1)17-12-7-3-5-11-6-4-9-15-14(11)12/h3-7,9,13H,1-2,8,10H2. The van der Waals surface area contributed by atoms with Gasteiger partial charge in [0.2, 0.25) is 0 Å². The van der Waals surface area contributed by atoms with E-state index in [9.17, 15) is 0 Å². The van der Waals surface area contributed by atoms with Crippen molar-refractivity contribution in [1.82, 2.24) is 4.98 Å². The Kier molecular flexibility index (Phi) is 2.92. The van der Waals surface area contributed by atoms with Gasteiger partial charge in [-0.05, 0) is 25.0 Å². The Morgan fingerprint density at radius 3 is 3.00 bits per heavy atom. The Hall–Kier alpha value is -1.61. The molecule has 1 aliphatic heterocycles. The van der Waals surface area contributed by atoms with E-state index in [1.807, 2.05) is 30.3 Å². The van der Waals surface area contributed by atoms with E-state index in [1.54, 1.807) is 6.20 Å². The van der Waals surface area contributed by atoms with E-state index in [4.69, 9.17) is 9.47 Å². The smallest absolute Gasteiger partial charge is 0.199 e. The third-order valence-electron chi connectivity index (χ3n) is 2.99. The van der Waals surface area contributed by atoms with Crippen molar-refractivity contribution in [2.24, 2.45) is 0 Å². The fourth-order valence-corrected chi connectivity index (χ4v) is 2.12. The normalized spacial score (nSPS) is 20.4. The van der Waals surface area contributed by atoms with Gasteiger partial charge in [0.1, 0.15) is 11.3 Å². The molecule has 0 N–H and O–H groups in total. The van der Waals surface area contributed by atoms with Crippen LogP contribution in [0.4, 0.5) is 0 Å². The van der Waals surface area contributed by atoms with Crippen LogP contribution < -0.4 is 4.74 Å². The van der Waals surface area contributed by atoms with Crippen molar-refractivity contribution in [3.63, 3.8) is 0 Å². The number of hydrogen-bond acceptors (Lipinski definition) is 3. The first-order valence-corrected chi connectivity index (χ1v) is 6.05. The van der Waals surface area contributed by atoms with E-state index in [-0.39, 0.29) is 6.29 Å². The minimum absolute atomic E-state index is 0.114. The molecule has 0 spiro atoms. The number of para-hydroxylation sites is 1. The third-order valence-corrected chi connectivity index (χ3v) is 2.99. The number of pyridine rings is 1. The summed E-state index contributed by atoms with van der Waals surface area (Å²) >= 11 is 0. The summed E-state index contributed by atoms with van der Waals surface area (Å²) < 4.78 is 11.5. The van der Waals surface area contributed by atoms with Crippen LogP contribution in [0, 0.1) is 0 Å². The van der Waals surface area contributed by atoms with Crippen LogP contribution >= 0.6 is 0 Å². The molecule has 17 heavy (non-hydrogen) atoms. The average Bonchev–Trinajstić information content (AvgIpc) is 2.40. The van der Waals surface area contributed by atoms with Crippen molar-refractivity contribution < 1.29 is 9.47 Å². The van der Waals surface area contributed by atoms with Crippen LogP contribution in [-0.2, 0) is 4.74 Å². The first kappa shape index (κ1) is 10.5. The SMILES string of the molecule is c1cnc2c(OC3CCCCO3)cccc2c1. The lowest BCUT2D eigenvalue weighted by atomic mass is 10.2. The first-order chi connectivity index (χ1) is 8.43. The molecule has 0 saturated carbocycles. The molecular weight excluding hydrogens is 214 g/mol. The lowest BCUT2D eigenvalue weighted by molar-refractivity contribution is -0.105. The van der Waals surface area contributed by atoms with Crippen LogP contribution in [0.5, 0.6) is 5.75 Å². The van der Waals surface area contributed by atoms with Gasteiger partial charge in [-0.1, -0.05) is 18.2 Å². The Labute approximate surface area is 100 Å². The number of hydrogen-bond donors (Lipinski definition) is 0. The first-order valence-electron chi connectivity index (χ1n) is 6.05. The Bertz CT molecular complexity index is 501. The van der Waals surface area contributed by atoms with Gasteiger partial charge in [-0.2, -0.15) is 0 Å². The molecule has 0 aliphatic carbocycles. The van der Waals surface area contributed by atoms with E-state index in [0.29, 0.717) is 0 Å². The fourth-order valence-electron chi connectivity index (χ4n) is 2.12. The number of nitrogens with zero attached hydrogens (tertiary/aromatic N) is 1. The summed E-state index contributed by atoms with van der Waals surface area (Å²) in [6.45, 7) is 0.795. The maximum atomic E-state index is 5.88. The molecule has 3 nitrogen and oxygen atoms in total. The molecular formula is C14H15NO2. The largest absolute Gasteiger partial charge is 0.463 e. The molecule has 2 heterocycles. The van der Waals surface area contributed by atoms with Gasteiger partial charge in [-0.25, -0.2) is 0 Å². The van der Waals surface area contributed by atoms with Crippen LogP contribution in [0.15, 0.2) is 36.5 Å². The molecule has 1 unspecified atom stereocenters. The van der Waals surface area contributed by atoms with Gasteiger partial charge in [0.25, 0.3) is 0 Å². The van der Waals surface area contributed by atoms with Crippen molar-refractivity contribution in [3.05, 3.63) is 36.5 Å². The van der Waals surface area contributed by atoms with Crippen molar-refractivity contribution in [2.75, 3.05) is 6.61 Å². The van der Waals surface area contributed by atoms with Gasteiger partial charge in [0.15, 0.2) is 6.29 Å². The second-order valence-electron chi connectivity index (χ2n) is 4.25. The van der Waals surface area contributed by atoms with E-state index in [0.717, 1.165) is 36.1 Å². The number of rotatable bonds is 2. The molecule has 1 aliphatic rings. The van der Waals surface area contributed by atoms with Crippen molar-refractivity contribution in [3.8, 4) is 5.75 Å². The maximum Gasteiger partial charge on any atom is 0.199 e. The van der Waals surface area contributed by atoms with Crippen LogP contribution in [0.1, 0.15) is 19.3 Å². The predicted molar refractivity (Wildman–Crippen MR) is 66.0 cm³/mol. The zero-order valence-corrected chi connectivity index (χ0v) is 9.63. The number of aromatic nitrogens is 1.